The second-order valence-electron chi connectivity index (χ2n) is 4.62. The Morgan fingerprint density at radius 2 is 2.05 bits per heavy atom. The van der Waals surface area contributed by atoms with Gasteiger partial charge in [-0.3, -0.25) is 10.1 Å². The van der Waals surface area contributed by atoms with E-state index in [1.165, 1.54) is 12.1 Å². The second-order valence-corrected chi connectivity index (χ2v) is 7.66. The SMILES string of the molecule is CN(Cc1cccs1)c1ccc(S(C)(=O)=O)cc1[N+](=O)[O-]. The van der Waals surface area contributed by atoms with Gasteiger partial charge in [0, 0.05) is 24.2 Å². The molecule has 0 aliphatic heterocycles. The van der Waals surface area contributed by atoms with Crippen molar-refractivity contribution in [2.75, 3.05) is 18.2 Å². The van der Waals surface area contributed by atoms with Gasteiger partial charge in [-0.05, 0) is 23.6 Å². The van der Waals surface area contributed by atoms with Crippen molar-refractivity contribution in [1.82, 2.24) is 0 Å². The van der Waals surface area contributed by atoms with Crippen LogP contribution in [0.1, 0.15) is 4.88 Å². The van der Waals surface area contributed by atoms with Crippen LogP contribution in [0.3, 0.4) is 0 Å². The van der Waals surface area contributed by atoms with Crippen LogP contribution in [-0.4, -0.2) is 26.6 Å². The van der Waals surface area contributed by atoms with E-state index in [1.54, 1.807) is 23.3 Å². The van der Waals surface area contributed by atoms with Crippen molar-refractivity contribution >= 4 is 32.5 Å². The summed E-state index contributed by atoms with van der Waals surface area (Å²) in [6, 6.07) is 7.83. The summed E-state index contributed by atoms with van der Waals surface area (Å²) in [7, 11) is -1.73. The topological polar surface area (TPSA) is 80.5 Å². The molecule has 1 aromatic carbocycles. The fourth-order valence-electron chi connectivity index (χ4n) is 1.92. The zero-order valence-corrected chi connectivity index (χ0v) is 13.1. The number of anilines is 1. The van der Waals surface area contributed by atoms with E-state index in [-0.39, 0.29) is 10.6 Å². The van der Waals surface area contributed by atoms with Gasteiger partial charge in [0.2, 0.25) is 0 Å². The van der Waals surface area contributed by atoms with E-state index in [4.69, 9.17) is 0 Å². The molecule has 0 fully saturated rings. The highest BCUT2D eigenvalue weighted by Gasteiger charge is 2.21. The van der Waals surface area contributed by atoms with Crippen molar-refractivity contribution in [2.24, 2.45) is 0 Å². The number of nitro benzene ring substituents is 1. The minimum absolute atomic E-state index is 0.0533. The fraction of sp³-hybridized carbons (Fsp3) is 0.231. The summed E-state index contributed by atoms with van der Waals surface area (Å²) in [6.45, 7) is 0.525. The van der Waals surface area contributed by atoms with Gasteiger partial charge in [-0.25, -0.2) is 8.42 Å². The molecule has 0 N–H and O–H groups in total. The number of rotatable bonds is 5. The van der Waals surface area contributed by atoms with Gasteiger partial charge in [-0.2, -0.15) is 0 Å². The van der Waals surface area contributed by atoms with Crippen LogP contribution in [0.4, 0.5) is 11.4 Å². The predicted molar refractivity (Wildman–Crippen MR) is 82.6 cm³/mol. The van der Waals surface area contributed by atoms with E-state index in [0.29, 0.717) is 12.2 Å². The summed E-state index contributed by atoms with van der Waals surface area (Å²) < 4.78 is 23.0. The summed E-state index contributed by atoms with van der Waals surface area (Å²) in [5, 5.41) is 13.1. The summed E-state index contributed by atoms with van der Waals surface area (Å²) in [4.78, 5) is 13.4. The van der Waals surface area contributed by atoms with Crippen molar-refractivity contribution in [1.29, 1.82) is 0 Å². The van der Waals surface area contributed by atoms with Crippen molar-refractivity contribution in [3.8, 4) is 0 Å². The van der Waals surface area contributed by atoms with Crippen LogP contribution in [0.15, 0.2) is 40.6 Å². The Balaban J connectivity index is 2.41. The summed E-state index contributed by atoms with van der Waals surface area (Å²) in [6.07, 6.45) is 1.03. The monoisotopic (exact) mass is 326 g/mol. The number of nitrogens with zero attached hydrogens (tertiary/aromatic N) is 2. The number of thiophene rings is 1. The zero-order chi connectivity index (χ0) is 15.6. The summed E-state index contributed by atoms with van der Waals surface area (Å²) >= 11 is 1.56. The molecule has 21 heavy (non-hydrogen) atoms. The maximum atomic E-state index is 11.5. The van der Waals surface area contributed by atoms with Gasteiger partial charge in [0.1, 0.15) is 5.69 Å². The fourth-order valence-corrected chi connectivity index (χ4v) is 3.32. The lowest BCUT2D eigenvalue weighted by atomic mass is 10.2. The van der Waals surface area contributed by atoms with E-state index < -0.39 is 14.8 Å². The molecule has 8 heteroatoms. The smallest absolute Gasteiger partial charge is 0.293 e. The number of benzene rings is 1. The van der Waals surface area contributed by atoms with Gasteiger partial charge < -0.3 is 4.90 Å². The van der Waals surface area contributed by atoms with Gasteiger partial charge in [0.05, 0.1) is 16.4 Å². The number of hydrogen-bond donors (Lipinski definition) is 0. The molecule has 0 spiro atoms. The Hall–Kier alpha value is -1.93. The second kappa shape index (κ2) is 5.82. The van der Waals surface area contributed by atoms with Gasteiger partial charge >= 0.3 is 0 Å². The van der Waals surface area contributed by atoms with Gasteiger partial charge in [0.25, 0.3) is 5.69 Å². The summed E-state index contributed by atoms with van der Waals surface area (Å²) in [5.41, 5.74) is 0.179. The molecule has 0 amide bonds. The molecule has 112 valence electrons. The Morgan fingerprint density at radius 3 is 2.57 bits per heavy atom. The lowest BCUT2D eigenvalue weighted by molar-refractivity contribution is -0.384. The van der Waals surface area contributed by atoms with Gasteiger partial charge in [0.15, 0.2) is 9.84 Å². The van der Waals surface area contributed by atoms with Crippen LogP contribution in [0.5, 0.6) is 0 Å². The first-order chi connectivity index (χ1) is 9.79. The van der Waals surface area contributed by atoms with Crippen LogP contribution < -0.4 is 4.90 Å². The van der Waals surface area contributed by atoms with Gasteiger partial charge in [-0.1, -0.05) is 6.07 Å². The summed E-state index contributed by atoms with van der Waals surface area (Å²) in [5.74, 6) is 0. The molecule has 2 aromatic rings. The highest BCUT2D eigenvalue weighted by Crippen LogP contribution is 2.31. The highest BCUT2D eigenvalue weighted by molar-refractivity contribution is 7.90. The van der Waals surface area contributed by atoms with Crippen LogP contribution >= 0.6 is 11.3 Å². The van der Waals surface area contributed by atoms with Crippen LogP contribution in [0.25, 0.3) is 0 Å². The standard InChI is InChI=1S/C13H14N2O4S2/c1-14(9-10-4-3-7-20-10)12-6-5-11(21(2,18)19)8-13(12)15(16)17/h3-8H,9H2,1-2H3. The average molecular weight is 326 g/mol. The Labute approximate surface area is 126 Å². The number of sulfone groups is 1. The largest absolute Gasteiger partial charge is 0.364 e. The third-order valence-corrected chi connectivity index (χ3v) is 4.93. The number of nitro groups is 1. The van der Waals surface area contributed by atoms with E-state index >= 15 is 0 Å². The molecule has 0 atom stereocenters. The molecule has 0 radical (unpaired) electrons. The van der Waals surface area contributed by atoms with Crippen molar-refractivity contribution in [3.05, 3.63) is 50.7 Å². The van der Waals surface area contributed by atoms with Gasteiger partial charge in [-0.15, -0.1) is 11.3 Å². The van der Waals surface area contributed by atoms with E-state index in [9.17, 15) is 18.5 Å². The maximum absolute atomic E-state index is 11.5. The third kappa shape index (κ3) is 3.59. The van der Waals surface area contributed by atoms with Crippen LogP contribution in [0.2, 0.25) is 0 Å². The van der Waals surface area contributed by atoms with Crippen molar-refractivity contribution < 1.29 is 13.3 Å². The molecule has 0 bridgehead atoms. The quantitative estimate of drug-likeness (QED) is 0.623. The Kier molecular flexibility index (Phi) is 4.29. The molecule has 6 nitrogen and oxygen atoms in total. The first-order valence-corrected chi connectivity index (χ1v) is 8.78. The van der Waals surface area contributed by atoms with E-state index in [1.807, 2.05) is 17.5 Å². The van der Waals surface area contributed by atoms with Crippen LogP contribution in [0, 0.1) is 10.1 Å². The first-order valence-electron chi connectivity index (χ1n) is 6.01. The highest BCUT2D eigenvalue weighted by atomic mass is 32.2. The Morgan fingerprint density at radius 1 is 1.33 bits per heavy atom. The maximum Gasteiger partial charge on any atom is 0.293 e. The minimum Gasteiger partial charge on any atom is -0.364 e. The van der Waals surface area contributed by atoms with E-state index in [2.05, 4.69) is 0 Å². The molecule has 0 aliphatic rings. The minimum atomic E-state index is -3.47. The molecule has 0 saturated carbocycles. The lowest BCUT2D eigenvalue weighted by Crippen LogP contribution is -2.17. The molecular formula is C13H14N2O4S2. The molecular weight excluding hydrogens is 312 g/mol. The normalized spacial score (nSPS) is 11.3. The van der Waals surface area contributed by atoms with Crippen molar-refractivity contribution in [3.63, 3.8) is 0 Å². The third-order valence-electron chi connectivity index (χ3n) is 2.96. The van der Waals surface area contributed by atoms with Crippen molar-refractivity contribution in [2.45, 2.75) is 11.4 Å². The predicted octanol–water partition coefficient (Wildman–Crippen LogP) is 2.70. The molecule has 0 aliphatic carbocycles. The van der Waals surface area contributed by atoms with E-state index in [0.717, 1.165) is 17.2 Å². The first kappa shape index (κ1) is 15.5. The lowest BCUT2D eigenvalue weighted by Gasteiger charge is -2.18. The number of hydrogen-bond acceptors (Lipinski definition) is 6. The molecule has 2 rings (SSSR count). The van der Waals surface area contributed by atoms with Crippen LogP contribution in [-0.2, 0) is 16.4 Å². The molecule has 0 saturated heterocycles. The molecule has 0 unspecified atom stereocenters. The molecule has 1 heterocycles. The zero-order valence-electron chi connectivity index (χ0n) is 11.5. The molecule has 1 aromatic heterocycles. The average Bonchev–Trinajstić information content (AvgIpc) is 2.89. The Bertz CT molecular complexity index is 754.